The molecule has 0 aromatic carbocycles. The molecule has 1 amide bonds. The Morgan fingerprint density at radius 1 is 1.39 bits per heavy atom. The van der Waals surface area contributed by atoms with Crippen LogP contribution in [0.2, 0.25) is 0 Å². The number of nitrogens with two attached hydrogens (primary N) is 1. The predicted molar refractivity (Wildman–Crippen MR) is 71.5 cm³/mol. The molecule has 2 rings (SSSR count). The van der Waals surface area contributed by atoms with Gasteiger partial charge in [-0.05, 0) is 38.1 Å². The van der Waals surface area contributed by atoms with E-state index in [1.165, 1.54) is 32.4 Å². The Labute approximate surface area is 107 Å². The van der Waals surface area contributed by atoms with Gasteiger partial charge in [-0.2, -0.15) is 0 Å². The normalized spacial score (nSPS) is 16.4. The topological polar surface area (TPSA) is 71.2 Å². The quantitative estimate of drug-likeness (QED) is 0.818. The molecule has 3 N–H and O–H groups in total. The lowest BCUT2D eigenvalue weighted by Gasteiger charge is -2.26. The van der Waals surface area contributed by atoms with E-state index in [-0.39, 0.29) is 0 Å². The van der Waals surface area contributed by atoms with Crippen molar-refractivity contribution in [2.24, 2.45) is 5.73 Å². The largest absolute Gasteiger partial charge is 0.368 e. The Balaban J connectivity index is 1.84. The minimum atomic E-state index is -0.441. The molecule has 1 aliphatic rings. The van der Waals surface area contributed by atoms with Crippen molar-refractivity contribution in [2.75, 3.05) is 31.5 Å². The molecule has 98 valence electrons. The summed E-state index contributed by atoms with van der Waals surface area (Å²) in [5.74, 6) is 0.144. The molecule has 0 atom stereocenters. The standard InChI is InChI=1S/C13H20N4O/c14-12(18)11-5-4-6-15-13(11)16-7-10-17-8-2-1-3-9-17/h4-6H,1-3,7-10H2,(H2,14,18)(H,15,16). The van der Waals surface area contributed by atoms with Gasteiger partial charge in [0.1, 0.15) is 5.82 Å². The van der Waals surface area contributed by atoms with Crippen LogP contribution in [0.25, 0.3) is 0 Å². The summed E-state index contributed by atoms with van der Waals surface area (Å²) in [6, 6.07) is 3.41. The van der Waals surface area contributed by atoms with Gasteiger partial charge in [0.15, 0.2) is 0 Å². The first-order chi connectivity index (χ1) is 8.77. The summed E-state index contributed by atoms with van der Waals surface area (Å²) in [4.78, 5) is 17.8. The van der Waals surface area contributed by atoms with Crippen LogP contribution in [0.4, 0.5) is 5.82 Å². The van der Waals surface area contributed by atoms with Gasteiger partial charge in [-0.1, -0.05) is 6.42 Å². The highest BCUT2D eigenvalue weighted by Gasteiger charge is 2.11. The third-order valence-electron chi connectivity index (χ3n) is 3.24. The zero-order chi connectivity index (χ0) is 12.8. The first kappa shape index (κ1) is 12.8. The van der Waals surface area contributed by atoms with Gasteiger partial charge in [0.2, 0.25) is 0 Å². The van der Waals surface area contributed by atoms with Crippen LogP contribution >= 0.6 is 0 Å². The monoisotopic (exact) mass is 248 g/mol. The molecule has 1 aliphatic heterocycles. The lowest BCUT2D eigenvalue weighted by atomic mass is 10.1. The molecule has 5 nitrogen and oxygen atoms in total. The van der Waals surface area contributed by atoms with E-state index in [0.29, 0.717) is 11.4 Å². The number of anilines is 1. The van der Waals surface area contributed by atoms with Crippen molar-refractivity contribution in [1.29, 1.82) is 0 Å². The second-order valence-electron chi connectivity index (χ2n) is 4.59. The first-order valence-corrected chi connectivity index (χ1v) is 6.48. The Kier molecular flexibility index (Phi) is 4.52. The van der Waals surface area contributed by atoms with Gasteiger partial charge >= 0.3 is 0 Å². The van der Waals surface area contributed by atoms with E-state index < -0.39 is 5.91 Å². The Hall–Kier alpha value is -1.62. The minimum absolute atomic E-state index is 0.441. The summed E-state index contributed by atoms with van der Waals surface area (Å²) in [5.41, 5.74) is 5.75. The van der Waals surface area contributed by atoms with Gasteiger partial charge in [0, 0.05) is 19.3 Å². The van der Waals surface area contributed by atoms with E-state index in [2.05, 4.69) is 15.2 Å². The number of piperidine rings is 1. The molecule has 0 spiro atoms. The maximum Gasteiger partial charge on any atom is 0.252 e. The van der Waals surface area contributed by atoms with E-state index in [0.717, 1.165) is 13.1 Å². The number of nitrogens with zero attached hydrogens (tertiary/aromatic N) is 2. The van der Waals surface area contributed by atoms with Gasteiger partial charge in [-0.25, -0.2) is 4.98 Å². The molecule has 0 radical (unpaired) electrons. The minimum Gasteiger partial charge on any atom is -0.368 e. The number of rotatable bonds is 5. The van der Waals surface area contributed by atoms with E-state index in [4.69, 9.17) is 5.73 Å². The van der Waals surface area contributed by atoms with Gasteiger partial charge in [0.05, 0.1) is 5.56 Å². The lowest BCUT2D eigenvalue weighted by Crippen LogP contribution is -2.34. The zero-order valence-corrected chi connectivity index (χ0v) is 10.6. The molecule has 0 saturated carbocycles. The predicted octanol–water partition coefficient (Wildman–Crippen LogP) is 1.08. The Morgan fingerprint density at radius 3 is 2.89 bits per heavy atom. The molecule has 1 aromatic rings. The highest BCUT2D eigenvalue weighted by Crippen LogP contribution is 2.11. The van der Waals surface area contributed by atoms with Crippen molar-refractivity contribution in [3.05, 3.63) is 23.9 Å². The molecule has 5 heteroatoms. The SMILES string of the molecule is NC(=O)c1cccnc1NCCN1CCCCC1. The van der Waals surface area contributed by atoms with Crippen molar-refractivity contribution < 1.29 is 4.79 Å². The molecule has 18 heavy (non-hydrogen) atoms. The molecule has 0 unspecified atom stereocenters. The van der Waals surface area contributed by atoms with Crippen molar-refractivity contribution >= 4 is 11.7 Å². The highest BCUT2D eigenvalue weighted by atomic mass is 16.1. The van der Waals surface area contributed by atoms with Crippen LogP contribution in [0.1, 0.15) is 29.6 Å². The highest BCUT2D eigenvalue weighted by molar-refractivity contribution is 5.97. The van der Waals surface area contributed by atoms with Crippen LogP contribution in [-0.2, 0) is 0 Å². The fourth-order valence-corrected chi connectivity index (χ4v) is 2.26. The fourth-order valence-electron chi connectivity index (χ4n) is 2.26. The number of carbonyl (C=O) groups excluding carboxylic acids is 1. The van der Waals surface area contributed by atoms with Gasteiger partial charge in [-0.15, -0.1) is 0 Å². The molecule has 1 fully saturated rings. The van der Waals surface area contributed by atoms with E-state index in [1.807, 2.05) is 0 Å². The maximum absolute atomic E-state index is 11.2. The maximum atomic E-state index is 11.2. The molecule has 1 saturated heterocycles. The number of primary amides is 1. The van der Waals surface area contributed by atoms with Crippen molar-refractivity contribution in [1.82, 2.24) is 9.88 Å². The molecule has 1 aromatic heterocycles. The summed E-state index contributed by atoms with van der Waals surface area (Å²) in [6.45, 7) is 4.12. The van der Waals surface area contributed by atoms with Crippen LogP contribution < -0.4 is 11.1 Å². The number of hydrogen-bond donors (Lipinski definition) is 2. The fraction of sp³-hybridized carbons (Fsp3) is 0.538. The first-order valence-electron chi connectivity index (χ1n) is 6.48. The average Bonchev–Trinajstić information content (AvgIpc) is 2.40. The summed E-state index contributed by atoms with van der Waals surface area (Å²) >= 11 is 0. The Morgan fingerprint density at radius 2 is 2.17 bits per heavy atom. The van der Waals surface area contributed by atoms with Crippen LogP contribution in [0.3, 0.4) is 0 Å². The van der Waals surface area contributed by atoms with Gasteiger partial charge < -0.3 is 16.0 Å². The van der Waals surface area contributed by atoms with Crippen LogP contribution in [0.5, 0.6) is 0 Å². The number of aromatic nitrogens is 1. The second-order valence-corrected chi connectivity index (χ2v) is 4.59. The van der Waals surface area contributed by atoms with E-state index >= 15 is 0 Å². The number of hydrogen-bond acceptors (Lipinski definition) is 4. The van der Waals surface area contributed by atoms with Crippen LogP contribution in [-0.4, -0.2) is 42.0 Å². The number of nitrogens with one attached hydrogen (secondary N) is 1. The van der Waals surface area contributed by atoms with Crippen molar-refractivity contribution in [2.45, 2.75) is 19.3 Å². The average molecular weight is 248 g/mol. The molecule has 0 bridgehead atoms. The number of carbonyl (C=O) groups is 1. The molecular weight excluding hydrogens is 228 g/mol. The molecular formula is C13H20N4O. The van der Waals surface area contributed by atoms with Gasteiger partial charge in [0.25, 0.3) is 5.91 Å². The Bertz CT molecular complexity index is 402. The van der Waals surface area contributed by atoms with Gasteiger partial charge in [-0.3, -0.25) is 4.79 Å². The molecule has 0 aliphatic carbocycles. The van der Waals surface area contributed by atoms with Crippen LogP contribution in [0.15, 0.2) is 18.3 Å². The summed E-state index contributed by atoms with van der Waals surface area (Å²) in [6.07, 6.45) is 5.58. The number of pyridine rings is 1. The van der Waals surface area contributed by atoms with E-state index in [9.17, 15) is 4.79 Å². The lowest BCUT2D eigenvalue weighted by molar-refractivity contribution is 0.100. The number of amides is 1. The van der Waals surface area contributed by atoms with E-state index in [1.54, 1.807) is 18.3 Å². The summed E-state index contributed by atoms with van der Waals surface area (Å²) in [5, 5.41) is 3.19. The van der Waals surface area contributed by atoms with Crippen molar-refractivity contribution in [3.63, 3.8) is 0 Å². The van der Waals surface area contributed by atoms with Crippen molar-refractivity contribution in [3.8, 4) is 0 Å². The number of likely N-dealkylation sites (tertiary alicyclic amines) is 1. The smallest absolute Gasteiger partial charge is 0.252 e. The summed E-state index contributed by atoms with van der Waals surface area (Å²) in [7, 11) is 0. The third kappa shape index (κ3) is 3.43. The summed E-state index contributed by atoms with van der Waals surface area (Å²) < 4.78 is 0. The zero-order valence-electron chi connectivity index (χ0n) is 10.6. The molecule has 2 heterocycles. The third-order valence-corrected chi connectivity index (χ3v) is 3.24. The van der Waals surface area contributed by atoms with Crippen LogP contribution in [0, 0.1) is 0 Å². The second kappa shape index (κ2) is 6.35.